The lowest BCUT2D eigenvalue weighted by atomic mass is 10.2. The molecule has 4 heteroatoms. The van der Waals surface area contributed by atoms with Gasteiger partial charge >= 0.3 is 0 Å². The minimum absolute atomic E-state index is 0.0263. The number of hydrogen-bond donors (Lipinski definition) is 0. The zero-order valence-corrected chi connectivity index (χ0v) is 9.66. The Morgan fingerprint density at radius 1 is 1.57 bits per heavy atom. The Balaban J connectivity index is 2.57. The monoisotopic (exact) mass is 216 g/mol. The first kappa shape index (κ1) is 11.5. The molecule has 2 unspecified atom stereocenters. The molecular weight excluding hydrogens is 200 g/mol. The highest BCUT2D eigenvalue weighted by atomic mass is 35.5. The highest BCUT2D eigenvalue weighted by molar-refractivity contribution is 6.20. The topological polar surface area (TPSA) is 27.1 Å². The zero-order valence-electron chi connectivity index (χ0n) is 8.90. The van der Waals surface area contributed by atoms with Crippen LogP contribution in [0.2, 0.25) is 0 Å². The average Bonchev–Trinajstić information content (AvgIpc) is 2.62. The third-order valence-corrected chi connectivity index (χ3v) is 2.52. The van der Waals surface area contributed by atoms with Crippen LogP contribution < -0.4 is 0 Å². The molecule has 0 saturated heterocycles. The number of rotatable bonds is 5. The van der Waals surface area contributed by atoms with E-state index in [2.05, 4.69) is 12.0 Å². The van der Waals surface area contributed by atoms with Crippen molar-refractivity contribution < 1.29 is 4.74 Å². The first-order chi connectivity index (χ1) is 6.65. The largest absolute Gasteiger partial charge is 0.385 e. The van der Waals surface area contributed by atoms with Crippen LogP contribution in [0.15, 0.2) is 12.4 Å². The fourth-order valence-corrected chi connectivity index (χ4v) is 1.33. The second kappa shape index (κ2) is 5.37. The van der Waals surface area contributed by atoms with Crippen LogP contribution in [0.4, 0.5) is 0 Å². The van der Waals surface area contributed by atoms with Crippen LogP contribution in [0.3, 0.4) is 0 Å². The molecule has 0 saturated carbocycles. The van der Waals surface area contributed by atoms with Crippen LogP contribution in [0.1, 0.15) is 37.3 Å². The lowest BCUT2D eigenvalue weighted by Crippen LogP contribution is -2.08. The molecule has 0 fully saturated rings. The summed E-state index contributed by atoms with van der Waals surface area (Å²) >= 11 is 5.95. The summed E-state index contributed by atoms with van der Waals surface area (Å²) in [5.41, 5.74) is 1.07. The van der Waals surface area contributed by atoms with Crippen molar-refractivity contribution in [3.8, 4) is 0 Å². The minimum Gasteiger partial charge on any atom is -0.385 e. The number of ether oxygens (including phenoxy) is 1. The van der Waals surface area contributed by atoms with Gasteiger partial charge < -0.3 is 4.74 Å². The van der Waals surface area contributed by atoms with E-state index < -0.39 is 0 Å². The summed E-state index contributed by atoms with van der Waals surface area (Å²) in [6.45, 7) is 4.82. The Labute approximate surface area is 90.0 Å². The van der Waals surface area contributed by atoms with Gasteiger partial charge in [-0.05, 0) is 20.3 Å². The quantitative estimate of drug-likeness (QED) is 0.708. The predicted octanol–water partition coefficient (Wildman–Crippen LogP) is 2.78. The third-order valence-electron chi connectivity index (χ3n) is 2.27. The van der Waals surface area contributed by atoms with E-state index in [-0.39, 0.29) is 5.38 Å². The highest BCUT2D eigenvalue weighted by Crippen LogP contribution is 2.20. The molecule has 1 aromatic heterocycles. The number of hydrogen-bond acceptors (Lipinski definition) is 2. The van der Waals surface area contributed by atoms with Gasteiger partial charge in [-0.3, -0.25) is 4.68 Å². The standard InChI is InChI=1S/C10H17ClN2O/c1-8(4-5-14-3)13-7-10(6-12-13)9(2)11/h6-9H,4-5H2,1-3H3. The average molecular weight is 217 g/mol. The lowest BCUT2D eigenvalue weighted by Gasteiger charge is -2.10. The van der Waals surface area contributed by atoms with Crippen molar-refractivity contribution in [1.82, 2.24) is 9.78 Å². The predicted molar refractivity (Wildman–Crippen MR) is 57.7 cm³/mol. The van der Waals surface area contributed by atoms with Gasteiger partial charge in [-0.15, -0.1) is 11.6 Å². The van der Waals surface area contributed by atoms with Crippen molar-refractivity contribution in [2.24, 2.45) is 0 Å². The molecule has 14 heavy (non-hydrogen) atoms. The highest BCUT2D eigenvalue weighted by Gasteiger charge is 2.08. The maximum Gasteiger partial charge on any atom is 0.0588 e. The van der Waals surface area contributed by atoms with E-state index in [4.69, 9.17) is 16.3 Å². The van der Waals surface area contributed by atoms with Crippen LogP contribution >= 0.6 is 11.6 Å². The summed E-state index contributed by atoms with van der Waals surface area (Å²) in [5, 5.41) is 4.29. The molecule has 80 valence electrons. The van der Waals surface area contributed by atoms with E-state index in [0.29, 0.717) is 6.04 Å². The number of aromatic nitrogens is 2. The third kappa shape index (κ3) is 3.00. The first-order valence-corrected chi connectivity index (χ1v) is 5.26. The van der Waals surface area contributed by atoms with Crippen molar-refractivity contribution in [3.63, 3.8) is 0 Å². The van der Waals surface area contributed by atoms with Gasteiger partial charge in [-0.1, -0.05) is 0 Å². The van der Waals surface area contributed by atoms with Crippen LogP contribution in [-0.2, 0) is 4.74 Å². The lowest BCUT2D eigenvalue weighted by molar-refractivity contribution is 0.178. The van der Waals surface area contributed by atoms with Crippen molar-refractivity contribution in [1.29, 1.82) is 0 Å². The molecule has 0 aliphatic heterocycles. The van der Waals surface area contributed by atoms with Crippen molar-refractivity contribution in [2.45, 2.75) is 31.7 Å². The van der Waals surface area contributed by atoms with Gasteiger partial charge in [0.05, 0.1) is 17.6 Å². The normalized spacial score (nSPS) is 15.4. The maximum atomic E-state index is 5.95. The Kier molecular flexibility index (Phi) is 4.42. The summed E-state index contributed by atoms with van der Waals surface area (Å²) in [5.74, 6) is 0. The van der Waals surface area contributed by atoms with Crippen LogP contribution in [-0.4, -0.2) is 23.5 Å². The van der Waals surface area contributed by atoms with E-state index in [1.165, 1.54) is 0 Å². The Morgan fingerprint density at radius 2 is 2.29 bits per heavy atom. The number of halogens is 1. The van der Waals surface area contributed by atoms with E-state index >= 15 is 0 Å². The Bertz CT molecular complexity index is 273. The number of alkyl halides is 1. The molecule has 1 rings (SSSR count). The summed E-state index contributed by atoms with van der Waals surface area (Å²) in [6, 6.07) is 0.360. The Hall–Kier alpha value is -0.540. The molecule has 0 spiro atoms. The van der Waals surface area contributed by atoms with Gasteiger partial charge in [0.15, 0.2) is 0 Å². The zero-order chi connectivity index (χ0) is 10.6. The Morgan fingerprint density at radius 3 is 2.79 bits per heavy atom. The molecule has 0 aliphatic carbocycles. The molecular formula is C10H17ClN2O. The van der Waals surface area contributed by atoms with Crippen LogP contribution in [0.25, 0.3) is 0 Å². The summed E-state index contributed by atoms with van der Waals surface area (Å²) in [7, 11) is 1.71. The molecule has 2 atom stereocenters. The van der Waals surface area contributed by atoms with Crippen molar-refractivity contribution in [3.05, 3.63) is 18.0 Å². The smallest absolute Gasteiger partial charge is 0.0588 e. The van der Waals surface area contributed by atoms with Crippen molar-refractivity contribution in [2.75, 3.05) is 13.7 Å². The molecule has 0 amide bonds. The molecule has 3 nitrogen and oxygen atoms in total. The summed E-state index contributed by atoms with van der Waals surface area (Å²) < 4.78 is 6.96. The summed E-state index contributed by atoms with van der Waals surface area (Å²) in [4.78, 5) is 0. The van der Waals surface area contributed by atoms with E-state index in [0.717, 1.165) is 18.6 Å². The fourth-order valence-electron chi connectivity index (χ4n) is 1.22. The summed E-state index contributed by atoms with van der Waals surface area (Å²) in [6.07, 6.45) is 4.78. The number of methoxy groups -OCH3 is 1. The van der Waals surface area contributed by atoms with Gasteiger partial charge in [0.1, 0.15) is 0 Å². The second-order valence-electron chi connectivity index (χ2n) is 3.50. The van der Waals surface area contributed by atoms with Crippen molar-refractivity contribution >= 4 is 11.6 Å². The van der Waals surface area contributed by atoms with E-state index in [1.54, 1.807) is 7.11 Å². The van der Waals surface area contributed by atoms with Gasteiger partial charge in [-0.2, -0.15) is 5.10 Å². The van der Waals surface area contributed by atoms with E-state index in [9.17, 15) is 0 Å². The molecule has 1 heterocycles. The maximum absolute atomic E-state index is 5.95. The van der Waals surface area contributed by atoms with Crippen LogP contribution in [0.5, 0.6) is 0 Å². The molecule has 0 N–H and O–H groups in total. The van der Waals surface area contributed by atoms with Gasteiger partial charge in [-0.25, -0.2) is 0 Å². The molecule has 1 aromatic rings. The SMILES string of the molecule is COCCC(C)n1cc(C(C)Cl)cn1. The van der Waals surface area contributed by atoms with Crippen LogP contribution in [0, 0.1) is 0 Å². The first-order valence-electron chi connectivity index (χ1n) is 4.82. The van der Waals surface area contributed by atoms with E-state index in [1.807, 2.05) is 24.0 Å². The molecule has 0 radical (unpaired) electrons. The van der Waals surface area contributed by atoms with Gasteiger partial charge in [0.2, 0.25) is 0 Å². The molecule has 0 aliphatic rings. The second-order valence-corrected chi connectivity index (χ2v) is 4.15. The van der Waals surface area contributed by atoms with Gasteiger partial charge in [0, 0.05) is 25.5 Å². The molecule has 0 bridgehead atoms. The number of nitrogens with zero attached hydrogens (tertiary/aromatic N) is 2. The molecule has 0 aromatic carbocycles. The minimum atomic E-state index is 0.0263. The fraction of sp³-hybridized carbons (Fsp3) is 0.700. The van der Waals surface area contributed by atoms with Gasteiger partial charge in [0.25, 0.3) is 0 Å².